The highest BCUT2D eigenvalue weighted by Crippen LogP contribution is 2.23. The molecule has 2 N–H and O–H groups in total. The summed E-state index contributed by atoms with van der Waals surface area (Å²) in [6.07, 6.45) is 4.44. The highest BCUT2D eigenvalue weighted by molar-refractivity contribution is 5.75. The molecule has 2 aliphatic rings. The number of rotatable bonds is 3. The zero-order chi connectivity index (χ0) is 14.5. The number of carbonyl (C=O) groups is 2. The standard InChI is InChI=1S/C14H24N2O4/c1-10-8-11(13(17)18)5-6-16(10)14(19)15-9-12-4-2-3-7-20-12/h10-12H,2-9H2,1H3,(H,15,19)(H,17,18). The monoisotopic (exact) mass is 284 g/mol. The summed E-state index contributed by atoms with van der Waals surface area (Å²) in [5.74, 6) is -1.08. The minimum Gasteiger partial charge on any atom is -0.481 e. The Kier molecular flexibility index (Phi) is 5.23. The van der Waals surface area contributed by atoms with E-state index in [1.165, 1.54) is 0 Å². The van der Waals surface area contributed by atoms with E-state index in [2.05, 4.69) is 5.32 Å². The molecule has 0 saturated carbocycles. The molecule has 2 saturated heterocycles. The molecule has 0 radical (unpaired) electrons. The van der Waals surface area contributed by atoms with E-state index in [1.54, 1.807) is 4.90 Å². The number of carbonyl (C=O) groups excluding carboxylic acids is 1. The van der Waals surface area contributed by atoms with E-state index in [-0.39, 0.29) is 24.1 Å². The van der Waals surface area contributed by atoms with E-state index >= 15 is 0 Å². The number of likely N-dealkylation sites (tertiary alicyclic amines) is 1. The zero-order valence-electron chi connectivity index (χ0n) is 12.0. The number of nitrogens with one attached hydrogen (secondary N) is 1. The molecule has 20 heavy (non-hydrogen) atoms. The van der Waals surface area contributed by atoms with Crippen LogP contribution < -0.4 is 5.32 Å². The van der Waals surface area contributed by atoms with Gasteiger partial charge in [0.2, 0.25) is 0 Å². The molecule has 0 bridgehead atoms. The van der Waals surface area contributed by atoms with Gasteiger partial charge in [0, 0.05) is 25.7 Å². The molecule has 3 atom stereocenters. The molecule has 6 nitrogen and oxygen atoms in total. The molecule has 0 spiro atoms. The van der Waals surface area contributed by atoms with Crippen molar-refractivity contribution in [1.82, 2.24) is 10.2 Å². The van der Waals surface area contributed by atoms with Gasteiger partial charge in [-0.15, -0.1) is 0 Å². The van der Waals surface area contributed by atoms with E-state index in [4.69, 9.17) is 9.84 Å². The summed E-state index contributed by atoms with van der Waals surface area (Å²) in [5.41, 5.74) is 0. The Morgan fingerprint density at radius 1 is 1.35 bits per heavy atom. The normalized spacial score (nSPS) is 30.9. The molecule has 0 aromatic rings. The lowest BCUT2D eigenvalue weighted by molar-refractivity contribution is -0.143. The van der Waals surface area contributed by atoms with Gasteiger partial charge in [-0.05, 0) is 39.0 Å². The van der Waals surface area contributed by atoms with Gasteiger partial charge in [0.25, 0.3) is 0 Å². The summed E-state index contributed by atoms with van der Waals surface area (Å²) in [6, 6.07) is -0.132. The molecule has 0 aromatic carbocycles. The van der Waals surface area contributed by atoms with Crippen molar-refractivity contribution in [2.45, 2.75) is 51.2 Å². The number of ether oxygens (including phenoxy) is 1. The molecule has 2 heterocycles. The van der Waals surface area contributed by atoms with Crippen LogP contribution in [0.4, 0.5) is 4.79 Å². The smallest absolute Gasteiger partial charge is 0.317 e. The van der Waals surface area contributed by atoms with E-state index < -0.39 is 5.97 Å². The second-order valence-corrected chi connectivity index (χ2v) is 5.78. The van der Waals surface area contributed by atoms with Gasteiger partial charge in [0.05, 0.1) is 12.0 Å². The molecule has 114 valence electrons. The average Bonchev–Trinajstić information content (AvgIpc) is 2.45. The van der Waals surface area contributed by atoms with Gasteiger partial charge in [-0.25, -0.2) is 4.79 Å². The molecule has 0 aliphatic carbocycles. The Morgan fingerprint density at radius 2 is 2.15 bits per heavy atom. The lowest BCUT2D eigenvalue weighted by atomic mass is 9.92. The van der Waals surface area contributed by atoms with Crippen molar-refractivity contribution in [3.63, 3.8) is 0 Å². The van der Waals surface area contributed by atoms with Crippen LogP contribution in [0.25, 0.3) is 0 Å². The summed E-state index contributed by atoms with van der Waals surface area (Å²) in [4.78, 5) is 24.9. The first kappa shape index (κ1) is 15.1. The second-order valence-electron chi connectivity index (χ2n) is 5.78. The third-order valence-electron chi connectivity index (χ3n) is 4.24. The van der Waals surface area contributed by atoms with Crippen LogP contribution in [0.1, 0.15) is 39.0 Å². The molecule has 3 unspecified atom stereocenters. The van der Waals surface area contributed by atoms with Crippen molar-refractivity contribution >= 4 is 12.0 Å². The fourth-order valence-corrected chi connectivity index (χ4v) is 2.97. The minimum atomic E-state index is -0.757. The maximum Gasteiger partial charge on any atom is 0.317 e. The van der Waals surface area contributed by atoms with Gasteiger partial charge in [-0.3, -0.25) is 4.79 Å². The molecule has 2 fully saturated rings. The van der Waals surface area contributed by atoms with Crippen LogP contribution in [-0.4, -0.2) is 53.8 Å². The first-order chi connectivity index (χ1) is 9.58. The third-order valence-corrected chi connectivity index (χ3v) is 4.24. The number of piperidine rings is 1. The summed E-state index contributed by atoms with van der Waals surface area (Å²) in [7, 11) is 0. The van der Waals surface area contributed by atoms with E-state index in [0.29, 0.717) is 25.9 Å². The molecular weight excluding hydrogens is 260 g/mol. The van der Waals surface area contributed by atoms with Crippen molar-refractivity contribution in [2.24, 2.45) is 5.92 Å². The summed E-state index contributed by atoms with van der Waals surface area (Å²) in [6.45, 7) is 3.74. The Bertz CT molecular complexity index is 355. The van der Waals surface area contributed by atoms with E-state index in [9.17, 15) is 9.59 Å². The van der Waals surface area contributed by atoms with Crippen LogP contribution in [0.2, 0.25) is 0 Å². The molecule has 2 amide bonds. The number of hydrogen-bond acceptors (Lipinski definition) is 3. The van der Waals surface area contributed by atoms with Crippen LogP contribution in [0, 0.1) is 5.92 Å². The maximum absolute atomic E-state index is 12.1. The first-order valence-electron chi connectivity index (χ1n) is 7.47. The number of urea groups is 1. The number of nitrogens with zero attached hydrogens (tertiary/aromatic N) is 1. The molecular formula is C14H24N2O4. The Hall–Kier alpha value is -1.30. The van der Waals surface area contributed by atoms with E-state index in [1.807, 2.05) is 6.92 Å². The lowest BCUT2D eigenvalue weighted by Gasteiger charge is -2.36. The predicted octanol–water partition coefficient (Wildman–Crippen LogP) is 1.45. The molecule has 0 aromatic heterocycles. The van der Waals surface area contributed by atoms with E-state index in [0.717, 1.165) is 25.9 Å². The highest BCUT2D eigenvalue weighted by Gasteiger charge is 2.32. The van der Waals surface area contributed by atoms with Gasteiger partial charge in [-0.2, -0.15) is 0 Å². The molecule has 2 rings (SSSR count). The van der Waals surface area contributed by atoms with Gasteiger partial charge in [-0.1, -0.05) is 0 Å². The zero-order valence-corrected chi connectivity index (χ0v) is 12.0. The van der Waals surface area contributed by atoms with Crippen molar-refractivity contribution in [1.29, 1.82) is 0 Å². The topological polar surface area (TPSA) is 78.9 Å². The molecule has 6 heteroatoms. The summed E-state index contributed by atoms with van der Waals surface area (Å²) < 4.78 is 5.58. The number of aliphatic carboxylic acids is 1. The van der Waals surface area contributed by atoms with Crippen LogP contribution >= 0.6 is 0 Å². The van der Waals surface area contributed by atoms with Crippen LogP contribution in [0.5, 0.6) is 0 Å². The van der Waals surface area contributed by atoms with Crippen LogP contribution in [0.3, 0.4) is 0 Å². The second kappa shape index (κ2) is 6.92. The van der Waals surface area contributed by atoms with Crippen molar-refractivity contribution in [3.8, 4) is 0 Å². The fraction of sp³-hybridized carbons (Fsp3) is 0.857. The summed E-state index contributed by atoms with van der Waals surface area (Å²) >= 11 is 0. The Labute approximate surface area is 119 Å². The van der Waals surface area contributed by atoms with Gasteiger partial charge < -0.3 is 20.1 Å². The third kappa shape index (κ3) is 3.85. The first-order valence-corrected chi connectivity index (χ1v) is 7.47. The lowest BCUT2D eigenvalue weighted by Crippen LogP contribution is -2.51. The largest absolute Gasteiger partial charge is 0.481 e. The maximum atomic E-state index is 12.1. The highest BCUT2D eigenvalue weighted by atomic mass is 16.5. The average molecular weight is 284 g/mol. The Balaban J connectivity index is 1.76. The number of amides is 2. The minimum absolute atomic E-state index is 0.0304. The number of hydrogen-bond donors (Lipinski definition) is 2. The van der Waals surface area contributed by atoms with Gasteiger partial charge in [0.1, 0.15) is 0 Å². The van der Waals surface area contributed by atoms with Crippen molar-refractivity contribution in [3.05, 3.63) is 0 Å². The quantitative estimate of drug-likeness (QED) is 0.822. The number of carboxylic acid groups (broad SMARTS) is 1. The van der Waals surface area contributed by atoms with Crippen molar-refractivity contribution in [2.75, 3.05) is 19.7 Å². The molecule has 2 aliphatic heterocycles. The summed E-state index contributed by atoms with van der Waals surface area (Å²) in [5, 5.41) is 11.9. The number of carboxylic acids is 1. The SMILES string of the molecule is CC1CC(C(=O)O)CCN1C(=O)NCC1CCCCO1. The van der Waals surface area contributed by atoms with Crippen LogP contribution in [0.15, 0.2) is 0 Å². The Morgan fingerprint density at radius 3 is 2.75 bits per heavy atom. The van der Waals surface area contributed by atoms with Crippen LogP contribution in [-0.2, 0) is 9.53 Å². The van der Waals surface area contributed by atoms with Crippen molar-refractivity contribution < 1.29 is 19.4 Å². The van der Waals surface area contributed by atoms with Gasteiger partial charge in [0.15, 0.2) is 0 Å². The fourth-order valence-electron chi connectivity index (χ4n) is 2.97. The predicted molar refractivity (Wildman–Crippen MR) is 73.5 cm³/mol. The van der Waals surface area contributed by atoms with Gasteiger partial charge >= 0.3 is 12.0 Å².